The summed E-state index contributed by atoms with van der Waals surface area (Å²) >= 11 is 3.62. The van der Waals surface area contributed by atoms with Crippen LogP contribution in [0.25, 0.3) is 22.0 Å². The molecule has 1 aromatic heterocycles. The van der Waals surface area contributed by atoms with Crippen molar-refractivity contribution in [1.82, 2.24) is 10.4 Å². The Morgan fingerprint density at radius 2 is 1.73 bits per heavy atom. The Labute approximate surface area is 242 Å². The molecule has 0 saturated carbocycles. The number of hydrogen-bond acceptors (Lipinski definition) is 7. The summed E-state index contributed by atoms with van der Waals surface area (Å²) in [6.45, 7) is 0.106. The van der Waals surface area contributed by atoms with Crippen LogP contribution in [0.15, 0.2) is 94.5 Å². The van der Waals surface area contributed by atoms with E-state index in [4.69, 9.17) is 18.9 Å². The molecular formula is C31H22BrN3O6. The van der Waals surface area contributed by atoms with Crippen molar-refractivity contribution in [2.45, 2.75) is 0 Å². The van der Waals surface area contributed by atoms with Crippen molar-refractivity contribution in [3.05, 3.63) is 106 Å². The van der Waals surface area contributed by atoms with E-state index in [0.29, 0.717) is 45.1 Å². The number of benzene rings is 4. The third-order valence-corrected chi connectivity index (χ3v) is 7.14. The summed E-state index contributed by atoms with van der Waals surface area (Å²) in [5.41, 5.74) is 5.94. The number of ether oxygens (including phenoxy) is 4. The fraction of sp³-hybridized carbons (Fsp3) is 0.0645. The molecule has 0 aliphatic carbocycles. The largest absolute Gasteiger partial charge is 0.495 e. The number of hydrazone groups is 1. The Morgan fingerprint density at radius 1 is 0.951 bits per heavy atom. The van der Waals surface area contributed by atoms with Gasteiger partial charge < -0.3 is 23.9 Å². The van der Waals surface area contributed by atoms with Gasteiger partial charge in [-0.15, -0.1) is 0 Å². The van der Waals surface area contributed by atoms with Crippen molar-refractivity contribution < 1.29 is 28.5 Å². The zero-order valence-corrected chi connectivity index (χ0v) is 23.2. The molecule has 1 aliphatic heterocycles. The lowest BCUT2D eigenvalue weighted by Gasteiger charge is -2.08. The minimum absolute atomic E-state index is 0.106. The van der Waals surface area contributed by atoms with Gasteiger partial charge in [-0.05, 0) is 48.0 Å². The average Bonchev–Trinajstić information content (AvgIpc) is 3.64. The summed E-state index contributed by atoms with van der Waals surface area (Å²) in [5.74, 6) is 0.895. The monoisotopic (exact) mass is 611 g/mol. The third-order valence-electron chi connectivity index (χ3n) is 6.48. The van der Waals surface area contributed by atoms with Crippen molar-refractivity contribution in [1.29, 1.82) is 0 Å². The number of nitrogens with zero attached hydrogens (tertiary/aromatic N) is 1. The van der Waals surface area contributed by atoms with Gasteiger partial charge >= 0.3 is 5.97 Å². The first kappa shape index (κ1) is 26.1. The van der Waals surface area contributed by atoms with Crippen LogP contribution in [-0.4, -0.2) is 37.0 Å². The first-order chi connectivity index (χ1) is 20.0. The Morgan fingerprint density at radius 3 is 2.56 bits per heavy atom. The molecule has 204 valence electrons. The van der Waals surface area contributed by atoms with E-state index in [2.05, 4.69) is 31.4 Å². The van der Waals surface area contributed by atoms with Gasteiger partial charge in [-0.25, -0.2) is 10.2 Å². The lowest BCUT2D eigenvalue weighted by Crippen LogP contribution is -2.19. The van der Waals surface area contributed by atoms with E-state index in [1.54, 1.807) is 49.6 Å². The molecule has 0 radical (unpaired) electrons. The van der Waals surface area contributed by atoms with E-state index in [0.717, 1.165) is 15.4 Å². The Kier molecular flexibility index (Phi) is 7.13. The number of halogens is 1. The molecule has 0 bridgehead atoms. The predicted molar refractivity (Wildman–Crippen MR) is 157 cm³/mol. The van der Waals surface area contributed by atoms with Gasteiger partial charge in [-0.3, -0.25) is 4.79 Å². The molecule has 0 unspecified atom stereocenters. The zero-order chi connectivity index (χ0) is 28.3. The summed E-state index contributed by atoms with van der Waals surface area (Å²) in [7, 11) is 1.58. The highest BCUT2D eigenvalue weighted by Gasteiger charge is 2.23. The second-order valence-corrected chi connectivity index (χ2v) is 9.79. The summed E-state index contributed by atoms with van der Waals surface area (Å²) in [4.78, 5) is 29.5. The normalized spacial score (nSPS) is 12.0. The van der Waals surface area contributed by atoms with Crippen LogP contribution >= 0.6 is 15.9 Å². The minimum Gasteiger partial charge on any atom is -0.495 e. The molecule has 4 aromatic carbocycles. The van der Waals surface area contributed by atoms with Gasteiger partial charge in [0.25, 0.3) is 5.91 Å². The van der Waals surface area contributed by atoms with Crippen LogP contribution in [0.3, 0.4) is 0 Å². The number of para-hydroxylation sites is 1. The van der Waals surface area contributed by atoms with Crippen molar-refractivity contribution in [3.8, 4) is 34.1 Å². The zero-order valence-electron chi connectivity index (χ0n) is 21.6. The molecule has 5 aromatic rings. The molecule has 0 atom stereocenters. The molecule has 41 heavy (non-hydrogen) atoms. The maximum absolute atomic E-state index is 13.4. The summed E-state index contributed by atoms with van der Waals surface area (Å²) < 4.78 is 22.6. The van der Waals surface area contributed by atoms with Crippen molar-refractivity contribution in [2.75, 3.05) is 13.9 Å². The maximum atomic E-state index is 13.4. The van der Waals surface area contributed by atoms with Gasteiger partial charge in [0.05, 0.1) is 24.4 Å². The second-order valence-electron chi connectivity index (χ2n) is 8.94. The Bertz CT molecular complexity index is 1820. The highest BCUT2D eigenvalue weighted by Crippen LogP contribution is 2.41. The van der Waals surface area contributed by atoms with Crippen molar-refractivity contribution in [2.24, 2.45) is 5.10 Å². The molecule has 2 heterocycles. The first-order valence-electron chi connectivity index (χ1n) is 12.5. The number of H-pyrrole nitrogens is 1. The molecule has 2 N–H and O–H groups in total. The molecule has 10 heteroatoms. The fourth-order valence-electron chi connectivity index (χ4n) is 4.55. The van der Waals surface area contributed by atoms with E-state index in [-0.39, 0.29) is 12.5 Å². The number of nitrogens with one attached hydrogen (secondary N) is 2. The molecule has 6 rings (SSSR count). The Hall–Kier alpha value is -5.09. The lowest BCUT2D eigenvalue weighted by atomic mass is 10.0. The highest BCUT2D eigenvalue weighted by atomic mass is 79.9. The van der Waals surface area contributed by atoms with E-state index >= 15 is 0 Å². The van der Waals surface area contributed by atoms with Crippen LogP contribution in [0.5, 0.6) is 23.0 Å². The smallest absolute Gasteiger partial charge is 0.343 e. The molecular weight excluding hydrogens is 590 g/mol. The molecule has 1 aliphatic rings. The van der Waals surface area contributed by atoms with E-state index in [9.17, 15) is 9.59 Å². The average molecular weight is 612 g/mol. The number of esters is 1. The van der Waals surface area contributed by atoms with Crippen molar-refractivity contribution in [3.63, 3.8) is 0 Å². The Balaban J connectivity index is 1.26. The second kappa shape index (κ2) is 11.2. The predicted octanol–water partition coefficient (Wildman–Crippen LogP) is 6.32. The first-order valence-corrected chi connectivity index (χ1v) is 13.3. The number of rotatable bonds is 7. The summed E-state index contributed by atoms with van der Waals surface area (Å²) in [5, 5.41) is 4.97. The van der Waals surface area contributed by atoms with Gasteiger partial charge in [0.2, 0.25) is 6.79 Å². The third kappa shape index (κ3) is 5.12. The number of methoxy groups -OCH3 is 1. The maximum Gasteiger partial charge on any atom is 0.343 e. The SMILES string of the molecule is COc1ccc(Br)c2c(-c3ccccc3)c(C(=O)NN=Cc3ccccc3OC(=O)c3ccc4c(c3)OCO4)[nH]c12. The quantitative estimate of drug-likeness (QED) is 0.0964. The number of carbonyl (C=O) groups is 2. The fourth-order valence-corrected chi connectivity index (χ4v) is 5.08. The van der Waals surface area contributed by atoms with Crippen LogP contribution in [0.2, 0.25) is 0 Å². The number of amides is 1. The number of aromatic nitrogens is 1. The van der Waals surface area contributed by atoms with Crippen LogP contribution in [-0.2, 0) is 0 Å². The molecule has 9 nitrogen and oxygen atoms in total. The van der Waals surface area contributed by atoms with Gasteiger partial charge in [0, 0.05) is 21.0 Å². The number of hydrogen-bond donors (Lipinski definition) is 2. The minimum atomic E-state index is -0.571. The van der Waals surface area contributed by atoms with Crippen LogP contribution in [0.4, 0.5) is 0 Å². The molecule has 1 amide bonds. The number of aromatic amines is 1. The van der Waals surface area contributed by atoms with Gasteiger partial charge in [-0.1, -0.05) is 58.4 Å². The van der Waals surface area contributed by atoms with Gasteiger partial charge in [-0.2, -0.15) is 5.10 Å². The molecule has 0 saturated heterocycles. The van der Waals surface area contributed by atoms with Gasteiger partial charge in [0.1, 0.15) is 17.2 Å². The standard InChI is InChI=1S/C31H22BrN3O6/c1-38-24-14-12-21(32)27-26(18-7-3-2-4-8-18)29(34-28(24)27)30(36)35-33-16-20-9-5-6-10-22(20)41-31(37)19-11-13-23-25(15-19)40-17-39-23/h2-16,34H,17H2,1H3,(H,35,36). The molecule has 0 spiro atoms. The number of carbonyl (C=O) groups excluding carboxylic acids is 2. The summed E-state index contributed by atoms with van der Waals surface area (Å²) in [6, 6.07) is 25.0. The highest BCUT2D eigenvalue weighted by molar-refractivity contribution is 9.10. The van der Waals surface area contributed by atoms with Gasteiger partial charge in [0.15, 0.2) is 11.5 Å². The molecule has 0 fully saturated rings. The number of fused-ring (bicyclic) bond motifs is 2. The van der Waals surface area contributed by atoms with Crippen LogP contribution < -0.4 is 24.4 Å². The van der Waals surface area contributed by atoms with Crippen LogP contribution in [0.1, 0.15) is 26.4 Å². The van der Waals surface area contributed by atoms with Crippen molar-refractivity contribution >= 4 is 44.9 Å². The van der Waals surface area contributed by atoms with E-state index in [1.165, 1.54) is 6.21 Å². The van der Waals surface area contributed by atoms with E-state index in [1.807, 2.05) is 42.5 Å². The lowest BCUT2D eigenvalue weighted by molar-refractivity contribution is 0.0733. The topological polar surface area (TPSA) is 111 Å². The summed E-state index contributed by atoms with van der Waals surface area (Å²) in [6.07, 6.45) is 1.42. The van der Waals surface area contributed by atoms with E-state index < -0.39 is 11.9 Å². The van der Waals surface area contributed by atoms with Crippen LogP contribution in [0, 0.1) is 0 Å².